The van der Waals surface area contributed by atoms with E-state index in [4.69, 9.17) is 15.0 Å². The van der Waals surface area contributed by atoms with E-state index in [9.17, 15) is 4.39 Å². The van der Waals surface area contributed by atoms with Gasteiger partial charge in [-0.25, -0.2) is 4.39 Å². The summed E-state index contributed by atoms with van der Waals surface area (Å²) in [4.78, 5) is 0. The van der Waals surface area contributed by atoms with E-state index in [0.29, 0.717) is 23.3 Å². The van der Waals surface area contributed by atoms with Gasteiger partial charge in [0.05, 0.1) is 11.7 Å². The molecule has 0 amide bonds. The second-order valence-electron chi connectivity index (χ2n) is 8.30. The Kier molecular flexibility index (Phi) is 4.53. The molecular formula is C18H26BClFNO2. The summed E-state index contributed by atoms with van der Waals surface area (Å²) in [5.41, 5.74) is 6.99. The average molecular weight is 354 g/mol. The minimum atomic E-state index is -0.445. The zero-order valence-electron chi connectivity index (χ0n) is 14.5. The van der Waals surface area contributed by atoms with Crippen molar-refractivity contribution in [3.05, 3.63) is 35.6 Å². The van der Waals surface area contributed by atoms with Crippen LogP contribution >= 0.6 is 12.4 Å². The predicted molar refractivity (Wildman–Crippen MR) is 95.4 cm³/mol. The van der Waals surface area contributed by atoms with E-state index in [2.05, 4.69) is 20.8 Å². The number of halogens is 2. The monoisotopic (exact) mass is 353 g/mol. The second-order valence-corrected chi connectivity index (χ2v) is 8.30. The molecule has 1 aliphatic heterocycles. The van der Waals surface area contributed by atoms with E-state index < -0.39 is 7.12 Å². The van der Waals surface area contributed by atoms with Crippen LogP contribution in [0, 0.1) is 23.1 Å². The van der Waals surface area contributed by atoms with Gasteiger partial charge in [-0.3, -0.25) is 0 Å². The summed E-state index contributed by atoms with van der Waals surface area (Å²) < 4.78 is 26.4. The van der Waals surface area contributed by atoms with Crippen LogP contribution in [0.15, 0.2) is 24.3 Å². The Labute approximate surface area is 150 Å². The van der Waals surface area contributed by atoms with Gasteiger partial charge < -0.3 is 15.0 Å². The molecule has 4 fully saturated rings. The average Bonchev–Trinajstić information content (AvgIpc) is 2.86. The van der Waals surface area contributed by atoms with Crippen molar-refractivity contribution in [2.45, 2.75) is 57.7 Å². The van der Waals surface area contributed by atoms with E-state index in [1.54, 1.807) is 12.1 Å². The van der Waals surface area contributed by atoms with Gasteiger partial charge in [0.2, 0.25) is 0 Å². The molecule has 0 spiro atoms. The topological polar surface area (TPSA) is 44.5 Å². The number of benzene rings is 1. The zero-order valence-corrected chi connectivity index (χ0v) is 15.3. The Hall–Kier alpha value is -0.615. The zero-order chi connectivity index (χ0) is 16.4. The van der Waals surface area contributed by atoms with Crippen LogP contribution in [0.25, 0.3) is 0 Å². The Balaban J connectivity index is 0.00000169. The first-order valence-corrected chi connectivity index (χ1v) is 8.64. The SMILES string of the molecule is CC1(C)[C@@H]2C[C@H]3OB([C@H](N)Cc4ccccc4F)O[C@@]3(C)[C@H]1C2.Cl. The normalized spacial score (nSPS) is 37.2. The Morgan fingerprint density at radius 3 is 2.67 bits per heavy atom. The highest BCUT2D eigenvalue weighted by atomic mass is 35.5. The molecule has 1 aromatic rings. The number of hydrogen-bond acceptors (Lipinski definition) is 3. The highest BCUT2D eigenvalue weighted by Gasteiger charge is 2.68. The molecular weight excluding hydrogens is 327 g/mol. The molecule has 2 N–H and O–H groups in total. The largest absolute Gasteiger partial charge is 0.475 e. The fraction of sp³-hybridized carbons (Fsp3) is 0.667. The summed E-state index contributed by atoms with van der Waals surface area (Å²) in [5.74, 6) is 0.669. The lowest BCUT2D eigenvalue weighted by molar-refractivity contribution is -0.199. The maximum Gasteiger partial charge on any atom is 0.475 e. The first kappa shape index (κ1) is 18.2. The summed E-state index contributed by atoms with van der Waals surface area (Å²) in [5, 5.41) is 0. The Bertz CT molecular complexity index is 631. The summed E-state index contributed by atoms with van der Waals surface area (Å²) >= 11 is 0. The van der Waals surface area contributed by atoms with E-state index in [1.165, 1.54) is 12.5 Å². The quantitative estimate of drug-likeness (QED) is 0.847. The minimum absolute atomic E-state index is 0. The van der Waals surface area contributed by atoms with Gasteiger partial charge >= 0.3 is 7.12 Å². The molecule has 5 atom stereocenters. The Morgan fingerprint density at radius 1 is 1.29 bits per heavy atom. The molecule has 1 aromatic carbocycles. The lowest BCUT2D eigenvalue weighted by Crippen LogP contribution is -2.65. The van der Waals surface area contributed by atoms with Crippen molar-refractivity contribution in [2.24, 2.45) is 23.0 Å². The summed E-state index contributed by atoms with van der Waals surface area (Å²) in [6.45, 7) is 6.85. The third-order valence-corrected chi connectivity index (χ3v) is 6.73. The highest BCUT2D eigenvalue weighted by Crippen LogP contribution is 2.65. The molecule has 1 heterocycles. The third-order valence-electron chi connectivity index (χ3n) is 6.73. The molecule has 4 aliphatic rings. The van der Waals surface area contributed by atoms with Crippen LogP contribution in [0.2, 0.25) is 0 Å². The molecule has 0 radical (unpaired) electrons. The summed E-state index contributed by atoms with van der Waals surface area (Å²) in [6, 6.07) is 6.77. The van der Waals surface area contributed by atoms with Crippen molar-refractivity contribution in [1.82, 2.24) is 0 Å². The molecule has 3 saturated carbocycles. The van der Waals surface area contributed by atoms with Crippen molar-refractivity contribution in [2.75, 3.05) is 0 Å². The first-order valence-electron chi connectivity index (χ1n) is 8.64. The van der Waals surface area contributed by atoms with Crippen molar-refractivity contribution in [3.63, 3.8) is 0 Å². The van der Waals surface area contributed by atoms with Crippen LogP contribution in [-0.4, -0.2) is 24.8 Å². The number of rotatable bonds is 3. The highest BCUT2D eigenvalue weighted by molar-refractivity contribution is 6.47. The maximum atomic E-state index is 13.8. The molecule has 3 nitrogen and oxygen atoms in total. The van der Waals surface area contributed by atoms with E-state index in [-0.39, 0.29) is 35.9 Å². The van der Waals surface area contributed by atoms with Gasteiger partial charge in [-0.1, -0.05) is 32.0 Å². The standard InChI is InChI=1S/C18H25BFNO2.ClH/c1-17(2)12-9-14(17)18(3)15(10-12)22-19(23-18)16(21)8-11-6-4-5-7-13(11)20;/h4-7,12,14-16H,8-10,21H2,1-3H3;1H/t12-,14-,15+,16+,18-;/m0./s1. The fourth-order valence-electron chi connectivity index (χ4n) is 5.10. The molecule has 132 valence electrons. The predicted octanol–water partition coefficient (Wildman–Crippen LogP) is 3.38. The van der Waals surface area contributed by atoms with Crippen molar-refractivity contribution >= 4 is 19.5 Å². The van der Waals surface area contributed by atoms with Crippen LogP contribution in [0.4, 0.5) is 4.39 Å². The summed E-state index contributed by atoms with van der Waals surface area (Å²) in [7, 11) is -0.445. The second kappa shape index (κ2) is 5.98. The minimum Gasteiger partial charge on any atom is -0.404 e. The van der Waals surface area contributed by atoms with Gasteiger partial charge in [0.25, 0.3) is 0 Å². The maximum absolute atomic E-state index is 13.8. The molecule has 3 aliphatic carbocycles. The van der Waals surface area contributed by atoms with Crippen LogP contribution in [-0.2, 0) is 15.7 Å². The molecule has 0 unspecified atom stereocenters. The van der Waals surface area contributed by atoms with Gasteiger partial charge in [-0.05, 0) is 55.1 Å². The van der Waals surface area contributed by atoms with Gasteiger partial charge in [-0.2, -0.15) is 0 Å². The van der Waals surface area contributed by atoms with Crippen LogP contribution < -0.4 is 5.73 Å². The van der Waals surface area contributed by atoms with Gasteiger partial charge in [0.1, 0.15) is 5.82 Å². The molecule has 6 heteroatoms. The van der Waals surface area contributed by atoms with Gasteiger partial charge in [-0.15, -0.1) is 12.4 Å². The van der Waals surface area contributed by atoms with Crippen molar-refractivity contribution in [1.29, 1.82) is 0 Å². The molecule has 0 aromatic heterocycles. The number of nitrogens with two attached hydrogens (primary N) is 1. The van der Waals surface area contributed by atoms with Crippen LogP contribution in [0.3, 0.4) is 0 Å². The molecule has 1 saturated heterocycles. The lowest BCUT2D eigenvalue weighted by Gasteiger charge is -2.64. The molecule has 5 rings (SSSR count). The number of hydrogen-bond donors (Lipinski definition) is 1. The van der Waals surface area contributed by atoms with E-state index in [1.807, 2.05) is 6.07 Å². The van der Waals surface area contributed by atoms with Gasteiger partial charge in [0, 0.05) is 5.94 Å². The fourth-order valence-corrected chi connectivity index (χ4v) is 5.10. The summed E-state index contributed by atoms with van der Waals surface area (Å²) in [6.07, 6.45) is 2.81. The first-order chi connectivity index (χ1) is 10.8. The third kappa shape index (κ3) is 2.52. The van der Waals surface area contributed by atoms with Crippen LogP contribution in [0.1, 0.15) is 39.2 Å². The molecule has 24 heavy (non-hydrogen) atoms. The van der Waals surface area contributed by atoms with E-state index in [0.717, 1.165) is 12.3 Å². The van der Waals surface area contributed by atoms with Crippen molar-refractivity contribution in [3.8, 4) is 0 Å². The van der Waals surface area contributed by atoms with E-state index >= 15 is 0 Å². The van der Waals surface area contributed by atoms with Gasteiger partial charge in [0.15, 0.2) is 0 Å². The van der Waals surface area contributed by atoms with Crippen LogP contribution in [0.5, 0.6) is 0 Å². The lowest BCUT2D eigenvalue weighted by atomic mass is 9.43. The molecule has 2 bridgehead atoms. The Morgan fingerprint density at radius 2 is 2.00 bits per heavy atom. The smallest absolute Gasteiger partial charge is 0.404 e. The van der Waals surface area contributed by atoms with Crippen molar-refractivity contribution < 1.29 is 13.7 Å².